The molecule has 0 aliphatic carbocycles. The molecule has 8 heteroatoms. The monoisotopic (exact) mass is 408 g/mol. The van der Waals surface area contributed by atoms with E-state index >= 15 is 0 Å². The first-order valence-electron chi connectivity index (χ1n) is 10.4. The van der Waals surface area contributed by atoms with Crippen LogP contribution in [-0.2, 0) is 5.54 Å². The maximum Gasteiger partial charge on any atom is 0.263 e. The number of benzene rings is 1. The summed E-state index contributed by atoms with van der Waals surface area (Å²) in [7, 11) is 0. The van der Waals surface area contributed by atoms with Gasteiger partial charge in [-0.1, -0.05) is 18.2 Å². The van der Waals surface area contributed by atoms with Crippen LogP contribution in [0.5, 0.6) is 0 Å². The first-order valence-corrected chi connectivity index (χ1v) is 10.4. The van der Waals surface area contributed by atoms with Gasteiger partial charge in [0.05, 0.1) is 11.7 Å². The van der Waals surface area contributed by atoms with E-state index in [0.717, 1.165) is 31.5 Å². The highest BCUT2D eigenvalue weighted by Gasteiger charge is 2.24. The Labute approximate surface area is 175 Å². The van der Waals surface area contributed by atoms with Gasteiger partial charge in [-0.2, -0.15) is 10.1 Å². The van der Waals surface area contributed by atoms with Crippen LogP contribution in [0.2, 0.25) is 0 Å². The highest BCUT2D eigenvalue weighted by atomic mass is 16.2. The predicted molar refractivity (Wildman–Crippen MR) is 117 cm³/mol. The third-order valence-electron chi connectivity index (χ3n) is 5.55. The van der Waals surface area contributed by atoms with E-state index < -0.39 is 0 Å². The van der Waals surface area contributed by atoms with E-state index in [-0.39, 0.29) is 17.0 Å². The lowest BCUT2D eigenvalue weighted by Crippen LogP contribution is -2.40. The molecule has 8 nitrogen and oxygen atoms in total. The van der Waals surface area contributed by atoms with E-state index in [1.54, 1.807) is 10.9 Å². The second-order valence-electron chi connectivity index (χ2n) is 8.86. The number of piperidine rings is 1. The third-order valence-corrected chi connectivity index (χ3v) is 5.55. The predicted octanol–water partition coefficient (Wildman–Crippen LogP) is 2.84. The first-order chi connectivity index (χ1) is 14.3. The van der Waals surface area contributed by atoms with Crippen LogP contribution in [0, 0.1) is 5.92 Å². The molecule has 1 amide bonds. The molecule has 2 aromatic heterocycles. The molecular formula is C22H28N6O2. The van der Waals surface area contributed by atoms with Crippen LogP contribution < -0.4 is 10.9 Å². The van der Waals surface area contributed by atoms with Crippen molar-refractivity contribution in [1.29, 1.82) is 0 Å². The summed E-state index contributed by atoms with van der Waals surface area (Å²) in [6.07, 6.45) is 3.39. The Hall–Kier alpha value is -3.16. The number of anilines is 1. The van der Waals surface area contributed by atoms with Gasteiger partial charge in [-0.25, -0.2) is 4.68 Å². The molecule has 0 saturated carbocycles. The molecular weight excluding hydrogens is 380 g/mol. The zero-order chi connectivity index (χ0) is 21.3. The van der Waals surface area contributed by atoms with Gasteiger partial charge in [0.15, 0.2) is 5.65 Å². The van der Waals surface area contributed by atoms with Crippen molar-refractivity contribution >= 4 is 22.9 Å². The number of carbonyl (C=O) groups excluding carboxylic acids is 1. The van der Waals surface area contributed by atoms with Crippen LogP contribution in [0.15, 0.2) is 41.3 Å². The van der Waals surface area contributed by atoms with Crippen molar-refractivity contribution in [2.45, 2.75) is 39.2 Å². The van der Waals surface area contributed by atoms with Crippen LogP contribution in [0.1, 0.15) is 44.0 Å². The van der Waals surface area contributed by atoms with Gasteiger partial charge in [-0.15, -0.1) is 0 Å². The number of amides is 1. The summed E-state index contributed by atoms with van der Waals surface area (Å²) in [6, 6.07) is 9.41. The Balaban J connectivity index is 1.38. The average molecular weight is 409 g/mol. The Morgan fingerprint density at radius 3 is 2.57 bits per heavy atom. The van der Waals surface area contributed by atoms with Gasteiger partial charge in [0, 0.05) is 25.2 Å². The molecule has 30 heavy (non-hydrogen) atoms. The van der Waals surface area contributed by atoms with Crippen molar-refractivity contribution in [3.8, 4) is 0 Å². The maximum absolute atomic E-state index is 12.6. The van der Waals surface area contributed by atoms with Gasteiger partial charge < -0.3 is 10.2 Å². The third kappa shape index (κ3) is 4.08. The van der Waals surface area contributed by atoms with Crippen molar-refractivity contribution in [3.63, 3.8) is 0 Å². The number of hydrogen-bond acceptors (Lipinski definition) is 5. The summed E-state index contributed by atoms with van der Waals surface area (Å²) in [4.78, 5) is 34.3. The highest BCUT2D eigenvalue weighted by molar-refractivity contribution is 5.94. The molecule has 2 N–H and O–H groups in total. The van der Waals surface area contributed by atoms with Crippen LogP contribution in [0.3, 0.4) is 0 Å². The summed E-state index contributed by atoms with van der Waals surface area (Å²) in [5.74, 6) is 0.966. The highest BCUT2D eigenvalue weighted by Crippen LogP contribution is 2.21. The van der Waals surface area contributed by atoms with Crippen molar-refractivity contribution in [3.05, 3.63) is 52.4 Å². The van der Waals surface area contributed by atoms with Gasteiger partial charge in [0.1, 0.15) is 5.39 Å². The van der Waals surface area contributed by atoms with Crippen LogP contribution in [0.4, 0.5) is 5.95 Å². The number of likely N-dealkylation sites (tertiary alicyclic amines) is 1. The molecule has 1 fully saturated rings. The van der Waals surface area contributed by atoms with Crippen LogP contribution in [0.25, 0.3) is 11.0 Å². The lowest BCUT2D eigenvalue weighted by atomic mass is 9.96. The van der Waals surface area contributed by atoms with Crippen molar-refractivity contribution < 1.29 is 4.79 Å². The molecule has 0 bridgehead atoms. The number of rotatable bonds is 4. The van der Waals surface area contributed by atoms with E-state index in [4.69, 9.17) is 0 Å². The second-order valence-corrected chi connectivity index (χ2v) is 8.86. The number of nitrogens with zero attached hydrogens (tertiary/aromatic N) is 4. The number of aromatic nitrogens is 4. The molecule has 1 saturated heterocycles. The molecule has 1 aliphatic heterocycles. The smallest absolute Gasteiger partial charge is 0.263 e. The van der Waals surface area contributed by atoms with Crippen LogP contribution in [-0.4, -0.2) is 50.2 Å². The van der Waals surface area contributed by atoms with E-state index in [9.17, 15) is 9.59 Å². The summed E-state index contributed by atoms with van der Waals surface area (Å²) >= 11 is 0. The Morgan fingerprint density at radius 2 is 1.90 bits per heavy atom. The average Bonchev–Trinajstić information content (AvgIpc) is 3.18. The first kappa shape index (κ1) is 20.1. The van der Waals surface area contributed by atoms with E-state index in [0.29, 0.717) is 29.4 Å². The van der Waals surface area contributed by atoms with Gasteiger partial charge in [0.2, 0.25) is 5.95 Å². The van der Waals surface area contributed by atoms with Crippen molar-refractivity contribution in [2.75, 3.05) is 25.0 Å². The quantitative estimate of drug-likeness (QED) is 0.692. The van der Waals surface area contributed by atoms with Crippen LogP contribution >= 0.6 is 0 Å². The topological polar surface area (TPSA) is 95.9 Å². The minimum atomic E-state index is -0.266. The van der Waals surface area contributed by atoms with Gasteiger partial charge in [-0.3, -0.25) is 14.6 Å². The van der Waals surface area contributed by atoms with Gasteiger partial charge in [0.25, 0.3) is 11.5 Å². The van der Waals surface area contributed by atoms with E-state index in [1.165, 1.54) is 0 Å². The van der Waals surface area contributed by atoms with Gasteiger partial charge in [-0.05, 0) is 51.7 Å². The Bertz CT molecular complexity index is 1090. The summed E-state index contributed by atoms with van der Waals surface area (Å²) in [5, 5.41) is 8.11. The molecule has 1 aliphatic rings. The number of fused-ring (bicyclic) bond motifs is 1. The van der Waals surface area contributed by atoms with Crippen molar-refractivity contribution in [1.82, 2.24) is 24.6 Å². The zero-order valence-electron chi connectivity index (χ0n) is 17.7. The standard InChI is InChI=1S/C22H28N6O2/c1-22(2,3)28-18-17(14-24-28)19(29)26-21(25-18)23-13-15-9-11-27(12-10-15)20(30)16-7-5-4-6-8-16/h4-8,14-15H,9-13H2,1-3H3,(H2,23,25,26,29). The Kier molecular flexibility index (Phi) is 5.32. The van der Waals surface area contributed by atoms with E-state index in [2.05, 4.69) is 20.4 Å². The molecule has 1 aromatic carbocycles. The largest absolute Gasteiger partial charge is 0.355 e. The lowest BCUT2D eigenvalue weighted by molar-refractivity contribution is 0.0695. The number of aromatic amines is 1. The molecule has 158 valence electrons. The molecule has 4 rings (SSSR count). The zero-order valence-corrected chi connectivity index (χ0v) is 17.7. The summed E-state index contributed by atoms with van der Waals surface area (Å²) < 4.78 is 1.77. The normalized spacial score (nSPS) is 15.5. The molecule has 0 radical (unpaired) electrons. The minimum absolute atomic E-state index is 0.0916. The van der Waals surface area contributed by atoms with Gasteiger partial charge >= 0.3 is 0 Å². The minimum Gasteiger partial charge on any atom is -0.355 e. The fourth-order valence-corrected chi connectivity index (χ4v) is 3.84. The fourth-order valence-electron chi connectivity index (χ4n) is 3.84. The summed E-state index contributed by atoms with van der Waals surface area (Å²) in [6.45, 7) is 8.25. The number of carbonyl (C=O) groups is 1. The van der Waals surface area contributed by atoms with Crippen molar-refractivity contribution in [2.24, 2.45) is 5.92 Å². The molecule has 0 unspecified atom stereocenters. The molecule has 0 atom stereocenters. The van der Waals surface area contributed by atoms with E-state index in [1.807, 2.05) is 56.0 Å². The number of nitrogens with one attached hydrogen (secondary N) is 2. The molecule has 0 spiro atoms. The number of hydrogen-bond donors (Lipinski definition) is 2. The fraction of sp³-hybridized carbons (Fsp3) is 0.455. The maximum atomic E-state index is 12.6. The SMILES string of the molecule is CC(C)(C)n1ncc2c(=O)[nH]c(NCC3CCN(C(=O)c4ccccc4)CC3)nc21. The second kappa shape index (κ2) is 7.93. The molecule has 3 heterocycles. The lowest BCUT2D eigenvalue weighted by Gasteiger charge is -2.32. The Morgan fingerprint density at radius 1 is 1.20 bits per heavy atom. The number of H-pyrrole nitrogens is 1. The molecule has 3 aromatic rings. The summed E-state index contributed by atoms with van der Waals surface area (Å²) in [5.41, 5.74) is 0.857.